The minimum atomic E-state index is -1.86. The summed E-state index contributed by atoms with van der Waals surface area (Å²) in [6.07, 6.45) is -9.11. The number of ether oxygens (including phenoxy) is 2. The Labute approximate surface area is 124 Å². The Morgan fingerprint density at radius 1 is 1.09 bits per heavy atom. The summed E-state index contributed by atoms with van der Waals surface area (Å²) in [6.45, 7) is 0. The van der Waals surface area contributed by atoms with E-state index in [0.29, 0.717) is 0 Å². The Kier molecular flexibility index (Phi) is 4.62. The van der Waals surface area contributed by atoms with E-state index in [1.807, 2.05) is 0 Å². The number of nitrogens with two attached hydrogens (primary N) is 1. The van der Waals surface area contributed by atoms with Crippen molar-refractivity contribution >= 4 is 17.6 Å². The average molecular weight is 313 g/mol. The van der Waals surface area contributed by atoms with Gasteiger partial charge in [0, 0.05) is 5.69 Å². The predicted molar refractivity (Wildman–Crippen MR) is 70.6 cm³/mol. The van der Waals surface area contributed by atoms with E-state index in [0.717, 1.165) is 0 Å². The number of carbonyl (C=O) groups is 2. The fraction of sp³-hybridized carbons (Fsp3) is 0.385. The van der Waals surface area contributed by atoms with Gasteiger partial charge in [0.2, 0.25) is 6.29 Å². The molecule has 0 aliphatic carbocycles. The fourth-order valence-corrected chi connectivity index (χ4v) is 2.00. The average Bonchev–Trinajstić information content (AvgIpc) is 2.47. The standard InChI is InChI=1S/C13H15NO8/c14-6-4-2-1-3-5(6)12(20)22-13-9(17)7(15)8(16)10(21-13)11(18)19/h1-4,7-10,13,15-17H,14H2,(H,18,19)/t7-,8-,9+,10-,13-/m0/s1. The van der Waals surface area contributed by atoms with Gasteiger partial charge in [0.25, 0.3) is 0 Å². The molecular weight excluding hydrogens is 298 g/mol. The first kappa shape index (κ1) is 16.2. The zero-order chi connectivity index (χ0) is 16.4. The second-order valence-electron chi connectivity index (χ2n) is 4.73. The summed E-state index contributed by atoms with van der Waals surface area (Å²) in [5.74, 6) is -2.53. The third kappa shape index (κ3) is 3.02. The van der Waals surface area contributed by atoms with E-state index in [1.54, 1.807) is 6.07 Å². The van der Waals surface area contributed by atoms with E-state index in [2.05, 4.69) is 0 Å². The van der Waals surface area contributed by atoms with Gasteiger partial charge in [-0.1, -0.05) is 12.1 Å². The molecule has 0 saturated carbocycles. The van der Waals surface area contributed by atoms with Gasteiger partial charge in [0.15, 0.2) is 6.10 Å². The Bertz CT molecular complexity index is 577. The Morgan fingerprint density at radius 3 is 2.32 bits per heavy atom. The van der Waals surface area contributed by atoms with Crippen molar-refractivity contribution in [1.29, 1.82) is 0 Å². The number of carbonyl (C=O) groups excluding carboxylic acids is 1. The zero-order valence-electron chi connectivity index (χ0n) is 11.2. The number of hydrogen-bond donors (Lipinski definition) is 5. The van der Waals surface area contributed by atoms with Gasteiger partial charge >= 0.3 is 11.9 Å². The van der Waals surface area contributed by atoms with Crippen LogP contribution in [0.1, 0.15) is 10.4 Å². The Hall–Kier alpha value is -2.20. The quantitative estimate of drug-likeness (QED) is 0.324. The molecule has 1 aromatic carbocycles. The molecule has 1 fully saturated rings. The van der Waals surface area contributed by atoms with Crippen molar-refractivity contribution in [2.75, 3.05) is 5.73 Å². The van der Waals surface area contributed by atoms with Crippen LogP contribution in [0.4, 0.5) is 5.69 Å². The molecular formula is C13H15NO8. The van der Waals surface area contributed by atoms with Crippen LogP contribution in [-0.2, 0) is 14.3 Å². The van der Waals surface area contributed by atoms with Crippen molar-refractivity contribution in [3.8, 4) is 0 Å². The summed E-state index contributed by atoms with van der Waals surface area (Å²) in [7, 11) is 0. The van der Waals surface area contributed by atoms with E-state index in [1.165, 1.54) is 18.2 Å². The number of para-hydroxylation sites is 1. The number of esters is 1. The van der Waals surface area contributed by atoms with Crippen LogP contribution in [0, 0.1) is 0 Å². The van der Waals surface area contributed by atoms with Crippen molar-refractivity contribution in [3.05, 3.63) is 29.8 Å². The maximum atomic E-state index is 12.0. The summed E-state index contributed by atoms with van der Waals surface area (Å²) in [4.78, 5) is 22.9. The highest BCUT2D eigenvalue weighted by Gasteiger charge is 2.48. The molecule has 0 amide bonds. The Balaban J connectivity index is 2.16. The van der Waals surface area contributed by atoms with Crippen molar-refractivity contribution < 1.29 is 39.5 Å². The number of aliphatic hydroxyl groups is 3. The van der Waals surface area contributed by atoms with Gasteiger partial charge in [0.05, 0.1) is 5.56 Å². The van der Waals surface area contributed by atoms with Gasteiger partial charge in [-0.3, -0.25) is 0 Å². The molecule has 5 atom stereocenters. The van der Waals surface area contributed by atoms with Crippen LogP contribution >= 0.6 is 0 Å². The van der Waals surface area contributed by atoms with Crippen LogP contribution in [0.5, 0.6) is 0 Å². The van der Waals surface area contributed by atoms with Gasteiger partial charge in [0.1, 0.15) is 18.3 Å². The number of nitrogen functional groups attached to an aromatic ring is 1. The molecule has 2 rings (SSSR count). The minimum Gasteiger partial charge on any atom is -0.479 e. The number of rotatable bonds is 3. The van der Waals surface area contributed by atoms with Crippen LogP contribution in [0.25, 0.3) is 0 Å². The monoisotopic (exact) mass is 313 g/mol. The lowest BCUT2D eigenvalue weighted by molar-refractivity contribution is -0.278. The predicted octanol–water partition coefficient (Wildman–Crippen LogP) is -1.68. The topological polar surface area (TPSA) is 160 Å². The van der Waals surface area contributed by atoms with Crippen LogP contribution in [-0.4, -0.2) is 63.1 Å². The lowest BCUT2D eigenvalue weighted by Gasteiger charge is -2.37. The molecule has 1 heterocycles. The van der Waals surface area contributed by atoms with Crippen molar-refractivity contribution in [2.24, 2.45) is 0 Å². The molecule has 9 nitrogen and oxygen atoms in total. The molecule has 22 heavy (non-hydrogen) atoms. The van der Waals surface area contributed by atoms with Crippen LogP contribution in [0.15, 0.2) is 24.3 Å². The van der Waals surface area contributed by atoms with E-state index in [-0.39, 0.29) is 11.3 Å². The summed E-state index contributed by atoms with van der Waals surface area (Å²) >= 11 is 0. The van der Waals surface area contributed by atoms with Gasteiger partial charge in [-0.15, -0.1) is 0 Å². The van der Waals surface area contributed by atoms with Gasteiger partial charge < -0.3 is 35.6 Å². The van der Waals surface area contributed by atoms with E-state index >= 15 is 0 Å². The maximum Gasteiger partial charge on any atom is 0.342 e. The first-order chi connectivity index (χ1) is 10.3. The minimum absolute atomic E-state index is 0.00853. The summed E-state index contributed by atoms with van der Waals surface area (Å²) < 4.78 is 9.68. The number of aliphatic carboxylic acids is 1. The lowest BCUT2D eigenvalue weighted by atomic mass is 9.99. The van der Waals surface area contributed by atoms with E-state index < -0.39 is 42.6 Å². The van der Waals surface area contributed by atoms with Crippen molar-refractivity contribution in [3.63, 3.8) is 0 Å². The first-order valence-electron chi connectivity index (χ1n) is 6.31. The van der Waals surface area contributed by atoms with Crippen LogP contribution < -0.4 is 5.73 Å². The first-order valence-corrected chi connectivity index (χ1v) is 6.31. The van der Waals surface area contributed by atoms with Gasteiger partial charge in [-0.05, 0) is 12.1 Å². The highest BCUT2D eigenvalue weighted by Crippen LogP contribution is 2.24. The van der Waals surface area contributed by atoms with Crippen molar-refractivity contribution in [2.45, 2.75) is 30.7 Å². The SMILES string of the molecule is Nc1ccccc1C(=O)O[C@@H]1O[C@H](C(=O)O)[C@@H](O)[C@H](O)[C@H]1O. The summed E-state index contributed by atoms with van der Waals surface area (Å²) in [5, 5.41) is 37.8. The molecule has 1 aliphatic rings. The normalized spacial score (nSPS) is 31.5. The highest BCUT2D eigenvalue weighted by atomic mass is 16.7. The van der Waals surface area contributed by atoms with Crippen molar-refractivity contribution in [1.82, 2.24) is 0 Å². The molecule has 0 aromatic heterocycles. The fourth-order valence-electron chi connectivity index (χ4n) is 2.00. The third-order valence-electron chi connectivity index (χ3n) is 3.22. The van der Waals surface area contributed by atoms with Gasteiger partial charge in [-0.25, -0.2) is 9.59 Å². The van der Waals surface area contributed by atoms with E-state index in [4.69, 9.17) is 20.3 Å². The number of carboxylic acid groups (broad SMARTS) is 1. The molecule has 9 heteroatoms. The van der Waals surface area contributed by atoms with E-state index in [9.17, 15) is 24.9 Å². The largest absolute Gasteiger partial charge is 0.479 e. The number of aliphatic hydroxyl groups excluding tert-OH is 3. The molecule has 1 aliphatic heterocycles. The third-order valence-corrected chi connectivity index (χ3v) is 3.22. The second kappa shape index (κ2) is 6.28. The van der Waals surface area contributed by atoms with Crippen LogP contribution in [0.3, 0.4) is 0 Å². The molecule has 1 saturated heterocycles. The smallest absolute Gasteiger partial charge is 0.342 e. The molecule has 1 aromatic rings. The molecule has 0 unspecified atom stereocenters. The zero-order valence-corrected chi connectivity index (χ0v) is 11.2. The Morgan fingerprint density at radius 2 is 1.73 bits per heavy atom. The second-order valence-corrected chi connectivity index (χ2v) is 4.73. The number of anilines is 1. The lowest BCUT2D eigenvalue weighted by Crippen LogP contribution is -2.60. The summed E-state index contributed by atoms with van der Waals surface area (Å²) in [5.41, 5.74) is 5.71. The molecule has 6 N–H and O–H groups in total. The summed E-state index contributed by atoms with van der Waals surface area (Å²) in [6, 6.07) is 5.95. The highest BCUT2D eigenvalue weighted by molar-refractivity contribution is 5.95. The number of hydrogen-bond acceptors (Lipinski definition) is 8. The molecule has 0 spiro atoms. The van der Waals surface area contributed by atoms with Crippen LogP contribution in [0.2, 0.25) is 0 Å². The number of benzene rings is 1. The maximum absolute atomic E-state index is 12.0. The molecule has 120 valence electrons. The van der Waals surface area contributed by atoms with Gasteiger partial charge in [-0.2, -0.15) is 0 Å². The number of carboxylic acids is 1. The molecule has 0 bridgehead atoms. The molecule has 0 radical (unpaired) electrons.